The van der Waals surface area contributed by atoms with Gasteiger partial charge in [0.05, 0.1) is 7.11 Å². The minimum absolute atomic E-state index is 0.334. The zero-order valence-electron chi connectivity index (χ0n) is 8.06. The Morgan fingerprint density at radius 1 is 1.47 bits per heavy atom. The summed E-state index contributed by atoms with van der Waals surface area (Å²) in [5, 5.41) is 0. The van der Waals surface area contributed by atoms with Crippen LogP contribution in [0.15, 0.2) is 22.7 Å². The van der Waals surface area contributed by atoms with E-state index in [0.29, 0.717) is 15.8 Å². The second kappa shape index (κ2) is 3.15. The Kier molecular flexibility index (Phi) is 2.28. The van der Waals surface area contributed by atoms with Crippen LogP contribution in [0.4, 0.5) is 8.78 Å². The second-order valence-corrected chi connectivity index (χ2v) is 4.52. The van der Waals surface area contributed by atoms with Gasteiger partial charge in [-0.05, 0) is 12.1 Å². The third kappa shape index (κ3) is 1.45. The van der Waals surface area contributed by atoms with Gasteiger partial charge in [-0.15, -0.1) is 0 Å². The molecule has 1 fully saturated rings. The van der Waals surface area contributed by atoms with Crippen molar-refractivity contribution < 1.29 is 13.5 Å². The fourth-order valence-corrected chi connectivity index (χ4v) is 2.39. The summed E-state index contributed by atoms with van der Waals surface area (Å²) in [5.41, 5.74) is 4.42. The molecule has 2 N–H and O–H groups in total. The van der Waals surface area contributed by atoms with Crippen molar-refractivity contribution in [2.75, 3.05) is 7.11 Å². The smallest absolute Gasteiger partial charge is 0.272 e. The van der Waals surface area contributed by atoms with Crippen molar-refractivity contribution in [3.8, 4) is 5.75 Å². The van der Waals surface area contributed by atoms with Crippen molar-refractivity contribution >= 4 is 15.9 Å². The average Bonchev–Trinajstić information content (AvgIpc) is 2.65. The van der Waals surface area contributed by atoms with Crippen LogP contribution < -0.4 is 10.5 Å². The van der Waals surface area contributed by atoms with Crippen LogP contribution in [0.5, 0.6) is 5.75 Å². The van der Waals surface area contributed by atoms with E-state index in [9.17, 15) is 8.78 Å². The van der Waals surface area contributed by atoms with Crippen LogP contribution in [0.2, 0.25) is 0 Å². The molecule has 1 aliphatic carbocycles. The van der Waals surface area contributed by atoms with Gasteiger partial charge in [-0.2, -0.15) is 0 Å². The molecule has 82 valence electrons. The zero-order valence-corrected chi connectivity index (χ0v) is 9.64. The van der Waals surface area contributed by atoms with Gasteiger partial charge in [0.2, 0.25) is 0 Å². The van der Waals surface area contributed by atoms with Gasteiger partial charge in [0.15, 0.2) is 0 Å². The molecule has 5 heteroatoms. The SMILES string of the molecule is COc1cccc(Br)c1C1(N)CC1(F)F. The third-order valence-corrected chi connectivity index (χ3v) is 3.33. The number of benzene rings is 1. The Bertz CT molecular complexity index is 410. The highest BCUT2D eigenvalue weighted by molar-refractivity contribution is 9.10. The topological polar surface area (TPSA) is 35.2 Å². The van der Waals surface area contributed by atoms with E-state index in [4.69, 9.17) is 10.5 Å². The lowest BCUT2D eigenvalue weighted by Gasteiger charge is -2.16. The zero-order chi connectivity index (χ0) is 11.3. The maximum atomic E-state index is 13.2. The third-order valence-electron chi connectivity index (χ3n) is 2.67. The molecule has 1 saturated carbocycles. The highest BCUT2D eigenvalue weighted by Crippen LogP contribution is 2.60. The maximum absolute atomic E-state index is 13.2. The Hall–Kier alpha value is -0.680. The van der Waals surface area contributed by atoms with Crippen LogP contribution in [-0.2, 0) is 5.54 Å². The predicted molar refractivity (Wildman–Crippen MR) is 56.1 cm³/mol. The van der Waals surface area contributed by atoms with Crippen molar-refractivity contribution in [1.82, 2.24) is 0 Å². The summed E-state index contributed by atoms with van der Waals surface area (Å²) in [4.78, 5) is 0. The number of methoxy groups -OCH3 is 1. The van der Waals surface area contributed by atoms with Gasteiger partial charge in [0.25, 0.3) is 5.92 Å². The second-order valence-electron chi connectivity index (χ2n) is 3.67. The van der Waals surface area contributed by atoms with E-state index in [1.54, 1.807) is 18.2 Å². The summed E-state index contributed by atoms with van der Waals surface area (Å²) in [6, 6.07) is 5.03. The first-order chi connectivity index (χ1) is 6.92. The first kappa shape index (κ1) is 10.8. The van der Waals surface area contributed by atoms with Crippen LogP contribution in [0.1, 0.15) is 12.0 Å². The van der Waals surface area contributed by atoms with Crippen LogP contribution >= 0.6 is 15.9 Å². The van der Waals surface area contributed by atoms with E-state index in [1.807, 2.05) is 0 Å². The van der Waals surface area contributed by atoms with E-state index in [-0.39, 0.29) is 6.42 Å². The lowest BCUT2D eigenvalue weighted by molar-refractivity contribution is 0.0882. The van der Waals surface area contributed by atoms with Crippen molar-refractivity contribution in [2.45, 2.75) is 17.9 Å². The molecule has 0 saturated heterocycles. The first-order valence-corrected chi connectivity index (χ1v) is 5.21. The van der Waals surface area contributed by atoms with Gasteiger partial charge in [-0.25, -0.2) is 8.78 Å². The normalized spacial score (nSPS) is 27.5. The number of ether oxygens (including phenoxy) is 1. The molecule has 1 aromatic rings. The summed E-state index contributed by atoms with van der Waals surface area (Å²) in [6.45, 7) is 0. The Morgan fingerprint density at radius 2 is 2.07 bits per heavy atom. The minimum atomic E-state index is -2.84. The lowest BCUT2D eigenvalue weighted by atomic mass is 10.0. The van der Waals surface area contributed by atoms with E-state index < -0.39 is 11.5 Å². The molecular formula is C10H10BrF2NO. The minimum Gasteiger partial charge on any atom is -0.496 e. The molecular weight excluding hydrogens is 268 g/mol. The Morgan fingerprint density at radius 3 is 2.53 bits per heavy atom. The van der Waals surface area contributed by atoms with Crippen molar-refractivity contribution in [1.29, 1.82) is 0 Å². The molecule has 2 rings (SSSR count). The fraction of sp³-hybridized carbons (Fsp3) is 0.400. The van der Waals surface area contributed by atoms with Crippen molar-refractivity contribution in [3.05, 3.63) is 28.2 Å². The number of alkyl halides is 2. The van der Waals surface area contributed by atoms with Gasteiger partial charge in [-0.1, -0.05) is 22.0 Å². The number of halogens is 3. The largest absolute Gasteiger partial charge is 0.496 e. The van der Waals surface area contributed by atoms with E-state index in [1.165, 1.54) is 7.11 Å². The highest BCUT2D eigenvalue weighted by atomic mass is 79.9. The number of rotatable bonds is 2. The number of nitrogens with two attached hydrogens (primary N) is 1. The molecule has 1 atom stereocenters. The molecule has 1 unspecified atom stereocenters. The highest BCUT2D eigenvalue weighted by Gasteiger charge is 2.71. The number of hydrogen-bond donors (Lipinski definition) is 1. The summed E-state index contributed by atoms with van der Waals surface area (Å²) in [5.74, 6) is -2.45. The monoisotopic (exact) mass is 277 g/mol. The molecule has 15 heavy (non-hydrogen) atoms. The van der Waals surface area contributed by atoms with Gasteiger partial charge >= 0.3 is 0 Å². The van der Waals surface area contributed by atoms with E-state index in [2.05, 4.69) is 15.9 Å². The Balaban J connectivity index is 2.54. The lowest BCUT2D eigenvalue weighted by Crippen LogP contribution is -2.28. The summed E-state index contributed by atoms with van der Waals surface area (Å²) in [7, 11) is 1.44. The van der Waals surface area contributed by atoms with Gasteiger partial charge < -0.3 is 10.5 Å². The number of hydrogen-bond acceptors (Lipinski definition) is 2. The first-order valence-electron chi connectivity index (χ1n) is 4.42. The molecule has 0 radical (unpaired) electrons. The van der Waals surface area contributed by atoms with Gasteiger partial charge in [-0.3, -0.25) is 0 Å². The van der Waals surface area contributed by atoms with E-state index >= 15 is 0 Å². The molecule has 0 bridgehead atoms. The standard InChI is InChI=1S/C10H10BrF2NO/c1-15-7-4-2-3-6(11)8(7)9(14)5-10(9,12)13/h2-4H,5,14H2,1H3. The maximum Gasteiger partial charge on any atom is 0.272 e. The Labute approximate surface area is 94.5 Å². The molecule has 0 aromatic heterocycles. The van der Waals surface area contributed by atoms with Crippen LogP contribution in [0.3, 0.4) is 0 Å². The van der Waals surface area contributed by atoms with Crippen LogP contribution in [0.25, 0.3) is 0 Å². The van der Waals surface area contributed by atoms with Crippen LogP contribution in [-0.4, -0.2) is 13.0 Å². The van der Waals surface area contributed by atoms with Crippen molar-refractivity contribution in [3.63, 3.8) is 0 Å². The van der Waals surface area contributed by atoms with Gasteiger partial charge in [0, 0.05) is 16.5 Å². The summed E-state index contributed by atoms with van der Waals surface area (Å²) in [6.07, 6.45) is -0.334. The van der Waals surface area contributed by atoms with Crippen LogP contribution in [0, 0.1) is 0 Å². The molecule has 0 amide bonds. The molecule has 0 aliphatic heterocycles. The van der Waals surface area contributed by atoms with Crippen molar-refractivity contribution in [2.24, 2.45) is 5.73 Å². The molecule has 0 spiro atoms. The van der Waals surface area contributed by atoms with E-state index in [0.717, 1.165) is 0 Å². The summed E-state index contributed by atoms with van der Waals surface area (Å²) < 4.78 is 31.9. The summed E-state index contributed by atoms with van der Waals surface area (Å²) >= 11 is 3.22. The molecule has 1 aliphatic rings. The quantitative estimate of drug-likeness (QED) is 0.902. The predicted octanol–water partition coefficient (Wildman–Crippen LogP) is 2.65. The molecule has 2 nitrogen and oxygen atoms in total. The average molecular weight is 278 g/mol. The fourth-order valence-electron chi connectivity index (χ4n) is 1.68. The van der Waals surface area contributed by atoms with Gasteiger partial charge in [0.1, 0.15) is 11.3 Å². The molecule has 1 aromatic carbocycles. The molecule has 0 heterocycles.